The van der Waals surface area contributed by atoms with Crippen molar-refractivity contribution in [3.8, 4) is 0 Å². The molecule has 0 amide bonds. The minimum atomic E-state index is -4.54. The van der Waals surface area contributed by atoms with Crippen molar-refractivity contribution in [1.29, 1.82) is 0 Å². The average molecular weight is 255 g/mol. The average Bonchev–Trinajstić information content (AvgIpc) is 2.51. The van der Waals surface area contributed by atoms with Crippen LogP contribution in [0, 0.1) is 6.92 Å². The summed E-state index contributed by atoms with van der Waals surface area (Å²) >= 11 is 0. The smallest absolute Gasteiger partial charge is 0.339 e. The van der Waals surface area contributed by atoms with Crippen molar-refractivity contribution < 1.29 is 18.0 Å². The van der Waals surface area contributed by atoms with Gasteiger partial charge in [-0.25, -0.2) is 0 Å². The van der Waals surface area contributed by atoms with Crippen LogP contribution in [0.1, 0.15) is 28.5 Å². The zero-order chi connectivity index (χ0) is 13.7. The van der Waals surface area contributed by atoms with E-state index in [1.807, 2.05) is 0 Å². The van der Waals surface area contributed by atoms with Gasteiger partial charge in [-0.2, -0.15) is 13.2 Å². The first-order valence-corrected chi connectivity index (χ1v) is 5.40. The second-order valence-corrected chi connectivity index (χ2v) is 4.36. The molecule has 0 aliphatic heterocycles. The molecule has 1 heterocycles. The number of aromatic nitrogens is 1. The van der Waals surface area contributed by atoms with Crippen molar-refractivity contribution in [2.75, 3.05) is 0 Å². The van der Waals surface area contributed by atoms with Crippen LogP contribution < -0.4 is 0 Å². The Kier molecular flexibility index (Phi) is 2.72. The molecule has 2 aromatic rings. The van der Waals surface area contributed by atoms with Gasteiger partial charge in [-0.05, 0) is 25.5 Å². The van der Waals surface area contributed by atoms with Gasteiger partial charge in [0.25, 0.3) is 0 Å². The summed E-state index contributed by atoms with van der Waals surface area (Å²) in [7, 11) is 1.33. The van der Waals surface area contributed by atoms with E-state index < -0.39 is 17.7 Å². The zero-order valence-electron chi connectivity index (χ0n) is 10.2. The third-order valence-corrected chi connectivity index (χ3v) is 2.98. The third-order valence-electron chi connectivity index (χ3n) is 2.98. The number of aryl methyl sites for hydroxylation is 2. The van der Waals surface area contributed by atoms with Crippen LogP contribution in [-0.2, 0) is 13.2 Å². The fourth-order valence-corrected chi connectivity index (χ4v) is 2.23. The maximum absolute atomic E-state index is 13.0. The second kappa shape index (κ2) is 3.86. The predicted octanol–water partition coefficient (Wildman–Crippen LogP) is 3.71. The van der Waals surface area contributed by atoms with Crippen LogP contribution in [0.15, 0.2) is 18.2 Å². The predicted molar refractivity (Wildman–Crippen MR) is 62.7 cm³/mol. The van der Waals surface area contributed by atoms with Gasteiger partial charge in [0.05, 0.1) is 5.56 Å². The molecule has 0 aliphatic carbocycles. The fourth-order valence-electron chi connectivity index (χ4n) is 2.23. The Morgan fingerprint density at radius 3 is 2.39 bits per heavy atom. The van der Waals surface area contributed by atoms with Crippen LogP contribution in [0.4, 0.5) is 13.2 Å². The zero-order valence-corrected chi connectivity index (χ0v) is 10.2. The summed E-state index contributed by atoms with van der Waals surface area (Å²) in [5.41, 5.74) is 0.148. The van der Waals surface area contributed by atoms with Gasteiger partial charge in [-0.15, -0.1) is 0 Å². The number of benzene rings is 1. The molecule has 0 unspecified atom stereocenters. The van der Waals surface area contributed by atoms with Crippen LogP contribution >= 0.6 is 0 Å². The molecule has 1 aromatic heterocycles. The largest absolute Gasteiger partial charge is 0.432 e. The molecule has 0 fully saturated rings. The number of hydrogen-bond acceptors (Lipinski definition) is 1. The molecule has 0 radical (unpaired) electrons. The maximum Gasteiger partial charge on any atom is 0.432 e. The summed E-state index contributed by atoms with van der Waals surface area (Å²) in [5, 5.41) is 0.350. The summed E-state index contributed by atoms with van der Waals surface area (Å²) in [4.78, 5) is 11.5. The molecule has 18 heavy (non-hydrogen) atoms. The molecular weight excluding hydrogens is 243 g/mol. The molecule has 5 heteroatoms. The quantitative estimate of drug-likeness (QED) is 0.712. The number of Topliss-reactive ketones (excluding diaryl/α,β-unsaturated/α-hetero) is 1. The number of nitrogens with zero attached hydrogens (tertiary/aromatic N) is 1. The van der Waals surface area contributed by atoms with E-state index in [1.165, 1.54) is 7.05 Å². The third kappa shape index (κ3) is 1.79. The number of fused-ring (bicyclic) bond motifs is 1. The molecule has 0 spiro atoms. The number of halogens is 3. The van der Waals surface area contributed by atoms with E-state index in [2.05, 4.69) is 0 Å². The summed E-state index contributed by atoms with van der Waals surface area (Å²) in [6.45, 7) is 2.96. The molecule has 0 aliphatic rings. The monoisotopic (exact) mass is 255 g/mol. The molecule has 2 nitrogen and oxygen atoms in total. The number of rotatable bonds is 1. The lowest BCUT2D eigenvalue weighted by molar-refractivity contribution is -0.143. The van der Waals surface area contributed by atoms with Crippen molar-refractivity contribution in [1.82, 2.24) is 4.57 Å². The van der Waals surface area contributed by atoms with E-state index in [-0.39, 0.29) is 5.56 Å². The first kappa shape index (κ1) is 12.7. The highest BCUT2D eigenvalue weighted by atomic mass is 19.4. The van der Waals surface area contributed by atoms with E-state index in [1.54, 1.807) is 25.1 Å². The second-order valence-electron chi connectivity index (χ2n) is 4.36. The highest BCUT2D eigenvalue weighted by Gasteiger charge is 2.39. The van der Waals surface area contributed by atoms with Crippen molar-refractivity contribution >= 4 is 16.7 Å². The number of ketones is 1. The Morgan fingerprint density at radius 2 is 1.89 bits per heavy atom. The van der Waals surface area contributed by atoms with Gasteiger partial charge in [0.2, 0.25) is 0 Å². The van der Waals surface area contributed by atoms with Gasteiger partial charge in [-0.1, -0.05) is 12.1 Å². The molecule has 0 atom stereocenters. The number of carbonyl (C=O) groups is 1. The van der Waals surface area contributed by atoms with Gasteiger partial charge >= 0.3 is 6.18 Å². The van der Waals surface area contributed by atoms with Gasteiger partial charge in [0, 0.05) is 18.0 Å². The molecule has 96 valence electrons. The number of hydrogen-bond donors (Lipinski definition) is 0. The highest BCUT2D eigenvalue weighted by molar-refractivity contribution is 6.08. The number of alkyl halides is 3. The van der Waals surface area contributed by atoms with Crippen molar-refractivity contribution in [3.63, 3.8) is 0 Å². The van der Waals surface area contributed by atoms with Gasteiger partial charge in [0.15, 0.2) is 5.78 Å². The fraction of sp³-hybridized carbons (Fsp3) is 0.308. The molecular formula is C13H12F3NO. The molecule has 0 bridgehead atoms. The van der Waals surface area contributed by atoms with E-state index in [9.17, 15) is 18.0 Å². The van der Waals surface area contributed by atoms with Crippen LogP contribution in [0.2, 0.25) is 0 Å². The van der Waals surface area contributed by atoms with Crippen LogP contribution in [0.25, 0.3) is 10.9 Å². The van der Waals surface area contributed by atoms with Crippen molar-refractivity contribution in [3.05, 3.63) is 35.0 Å². The topological polar surface area (TPSA) is 22.0 Å². The lowest BCUT2D eigenvalue weighted by Gasteiger charge is -2.09. The lowest BCUT2D eigenvalue weighted by atomic mass is 10.1. The Hall–Kier alpha value is -1.78. The lowest BCUT2D eigenvalue weighted by Crippen LogP contribution is -2.15. The normalized spacial score (nSPS) is 12.1. The minimum absolute atomic E-state index is 0.250. The molecule has 1 aromatic carbocycles. The Balaban J connectivity index is 2.97. The van der Waals surface area contributed by atoms with E-state index in [0.29, 0.717) is 10.9 Å². The molecule has 0 N–H and O–H groups in total. The minimum Gasteiger partial charge on any atom is -0.339 e. The Morgan fingerprint density at radius 1 is 1.28 bits per heavy atom. The van der Waals surface area contributed by atoms with E-state index in [4.69, 9.17) is 0 Å². The van der Waals surface area contributed by atoms with Gasteiger partial charge in [0.1, 0.15) is 5.69 Å². The molecule has 2 rings (SSSR count). The van der Waals surface area contributed by atoms with E-state index >= 15 is 0 Å². The van der Waals surface area contributed by atoms with Gasteiger partial charge < -0.3 is 4.57 Å². The Bertz CT molecular complexity index is 638. The summed E-state index contributed by atoms with van der Waals surface area (Å²) in [6, 6.07) is 4.92. The van der Waals surface area contributed by atoms with Crippen LogP contribution in [0.5, 0.6) is 0 Å². The summed E-state index contributed by atoms with van der Waals surface area (Å²) in [5.74, 6) is -0.572. The standard InChI is InChI=1S/C13H12F3NO/c1-7-4-5-9-10(6-7)17(3)12(13(14,15)16)11(9)8(2)18/h4-6H,1-3H3. The first-order valence-electron chi connectivity index (χ1n) is 5.40. The number of carbonyl (C=O) groups excluding carboxylic acids is 1. The van der Waals surface area contributed by atoms with Gasteiger partial charge in [-0.3, -0.25) is 4.79 Å². The van der Waals surface area contributed by atoms with Crippen molar-refractivity contribution in [2.45, 2.75) is 20.0 Å². The first-order chi connectivity index (χ1) is 8.23. The van der Waals surface area contributed by atoms with E-state index in [0.717, 1.165) is 17.1 Å². The molecule has 0 saturated carbocycles. The summed E-state index contributed by atoms with van der Waals surface area (Å²) in [6.07, 6.45) is -4.54. The maximum atomic E-state index is 13.0. The van der Waals surface area contributed by atoms with Crippen LogP contribution in [0.3, 0.4) is 0 Å². The summed E-state index contributed by atoms with van der Waals surface area (Å²) < 4.78 is 40.1. The molecule has 0 saturated heterocycles. The Labute approximate surface area is 102 Å². The van der Waals surface area contributed by atoms with Crippen LogP contribution in [-0.4, -0.2) is 10.4 Å². The SMILES string of the molecule is CC(=O)c1c(C(F)(F)F)n(C)c2cc(C)ccc12. The highest BCUT2D eigenvalue weighted by Crippen LogP contribution is 2.37. The van der Waals surface area contributed by atoms with Crippen molar-refractivity contribution in [2.24, 2.45) is 7.05 Å².